The molecule has 1 N–H and O–H groups in total. The molecule has 7 heteroatoms. The van der Waals surface area contributed by atoms with Crippen molar-refractivity contribution < 1.29 is 28.5 Å². The highest BCUT2D eigenvalue weighted by atomic mass is 16.6. The molecule has 4 aliphatic rings. The fourth-order valence-corrected chi connectivity index (χ4v) is 6.08. The smallest absolute Gasteiger partial charge is 0.309 e. The van der Waals surface area contributed by atoms with E-state index in [4.69, 9.17) is 18.9 Å². The summed E-state index contributed by atoms with van der Waals surface area (Å²) in [5, 5.41) is 3.12. The first-order valence-corrected chi connectivity index (χ1v) is 14.6. The maximum absolute atomic E-state index is 12.4. The highest BCUT2D eigenvalue weighted by Crippen LogP contribution is 2.46. The molecule has 3 atom stereocenters. The van der Waals surface area contributed by atoms with E-state index < -0.39 is 6.10 Å². The van der Waals surface area contributed by atoms with Crippen LogP contribution in [0.25, 0.3) is 0 Å². The average molecular weight is 530 g/mol. The molecule has 0 aromatic rings. The van der Waals surface area contributed by atoms with Gasteiger partial charge in [0, 0.05) is 38.2 Å². The van der Waals surface area contributed by atoms with E-state index in [9.17, 15) is 9.59 Å². The molecule has 0 aromatic heterocycles. The fraction of sp³-hybridized carbons (Fsp3) is 0.742. The van der Waals surface area contributed by atoms with E-state index in [1.54, 1.807) is 13.0 Å². The van der Waals surface area contributed by atoms with Gasteiger partial charge in [-0.05, 0) is 84.6 Å². The van der Waals surface area contributed by atoms with Crippen LogP contribution in [0.5, 0.6) is 0 Å². The fourth-order valence-electron chi connectivity index (χ4n) is 6.08. The lowest BCUT2D eigenvalue weighted by molar-refractivity contribution is -0.154. The number of carbonyl (C=O) groups excluding carboxylic acids is 2. The first-order chi connectivity index (χ1) is 18.1. The molecule has 4 rings (SSSR count). The Bertz CT molecular complexity index is 897. The molecule has 3 heterocycles. The first kappa shape index (κ1) is 29.0. The summed E-state index contributed by atoms with van der Waals surface area (Å²) in [7, 11) is 0. The van der Waals surface area contributed by atoms with Crippen molar-refractivity contribution in [2.45, 2.75) is 115 Å². The van der Waals surface area contributed by atoms with Crippen molar-refractivity contribution in [1.82, 2.24) is 5.32 Å². The molecule has 7 nitrogen and oxygen atoms in total. The predicted molar refractivity (Wildman–Crippen MR) is 147 cm³/mol. The highest BCUT2D eigenvalue weighted by Gasteiger charge is 2.53. The summed E-state index contributed by atoms with van der Waals surface area (Å²) >= 11 is 0. The van der Waals surface area contributed by atoms with E-state index in [0.717, 1.165) is 51.6 Å². The van der Waals surface area contributed by atoms with Gasteiger partial charge in [-0.1, -0.05) is 23.8 Å². The van der Waals surface area contributed by atoms with Crippen molar-refractivity contribution in [2.75, 3.05) is 19.8 Å². The third-order valence-electron chi connectivity index (χ3n) is 8.26. The van der Waals surface area contributed by atoms with Gasteiger partial charge in [0.25, 0.3) is 0 Å². The Morgan fingerprint density at radius 3 is 2.47 bits per heavy atom. The van der Waals surface area contributed by atoms with E-state index in [2.05, 4.69) is 44.3 Å². The Hall–Kier alpha value is -1.96. The van der Waals surface area contributed by atoms with Gasteiger partial charge in [0.05, 0.1) is 29.8 Å². The van der Waals surface area contributed by atoms with Crippen LogP contribution in [0.1, 0.15) is 85.5 Å². The summed E-state index contributed by atoms with van der Waals surface area (Å²) in [5.74, 6) is 0.243. The number of epoxide rings is 1. The van der Waals surface area contributed by atoms with E-state index >= 15 is 0 Å². The average Bonchev–Trinajstić information content (AvgIpc) is 3.62. The number of allylic oxidation sites excluding steroid dienone is 3. The molecule has 1 aliphatic carbocycles. The summed E-state index contributed by atoms with van der Waals surface area (Å²) in [6.45, 7) is 10.3. The molecule has 4 fully saturated rings. The largest absolute Gasteiger partial charge is 0.458 e. The highest BCUT2D eigenvalue weighted by molar-refractivity contribution is 5.87. The van der Waals surface area contributed by atoms with Gasteiger partial charge in [-0.15, -0.1) is 0 Å². The van der Waals surface area contributed by atoms with Gasteiger partial charge in [0.15, 0.2) is 0 Å². The van der Waals surface area contributed by atoms with Gasteiger partial charge in [0.1, 0.15) is 6.10 Å². The van der Waals surface area contributed by atoms with Crippen LogP contribution in [0.15, 0.2) is 36.0 Å². The van der Waals surface area contributed by atoms with Crippen molar-refractivity contribution in [3.8, 4) is 0 Å². The van der Waals surface area contributed by atoms with Crippen molar-refractivity contribution >= 4 is 11.9 Å². The van der Waals surface area contributed by atoms with E-state index in [0.29, 0.717) is 32.0 Å². The maximum atomic E-state index is 12.4. The second-order valence-electron chi connectivity index (χ2n) is 12.4. The first-order valence-electron chi connectivity index (χ1n) is 14.6. The number of rotatable bonds is 9. The molecule has 3 aliphatic heterocycles. The summed E-state index contributed by atoms with van der Waals surface area (Å²) in [6, 6.07) is 0.206. The van der Waals surface area contributed by atoms with E-state index in [-0.39, 0.29) is 41.1 Å². The van der Waals surface area contributed by atoms with E-state index in [1.165, 1.54) is 11.6 Å². The zero-order valence-electron chi connectivity index (χ0n) is 23.7. The summed E-state index contributed by atoms with van der Waals surface area (Å²) < 4.78 is 22.8. The number of nitrogens with one attached hydrogen (secondary N) is 1. The normalized spacial score (nSPS) is 32.9. The van der Waals surface area contributed by atoms with Crippen molar-refractivity contribution in [2.24, 2.45) is 11.8 Å². The molecular formula is C31H47NO6. The second kappa shape index (κ2) is 12.9. The van der Waals surface area contributed by atoms with Crippen LogP contribution in [0.3, 0.4) is 0 Å². The lowest BCUT2D eigenvalue weighted by Gasteiger charge is -2.38. The molecule has 1 spiro atoms. The third-order valence-corrected chi connectivity index (χ3v) is 8.26. The molecule has 0 unspecified atom stereocenters. The van der Waals surface area contributed by atoms with E-state index in [1.807, 2.05) is 0 Å². The minimum atomic E-state index is -0.421. The van der Waals surface area contributed by atoms with Crippen LogP contribution in [-0.4, -0.2) is 61.1 Å². The monoisotopic (exact) mass is 529 g/mol. The molecule has 1 saturated carbocycles. The summed E-state index contributed by atoms with van der Waals surface area (Å²) in [4.78, 5) is 24.6. The van der Waals surface area contributed by atoms with Crippen LogP contribution in [-0.2, 0) is 28.5 Å². The van der Waals surface area contributed by atoms with Gasteiger partial charge in [-0.3, -0.25) is 9.59 Å². The molecule has 38 heavy (non-hydrogen) atoms. The predicted octanol–water partition coefficient (Wildman–Crippen LogP) is 5.20. The lowest BCUT2D eigenvalue weighted by atomic mass is 9.83. The topological polar surface area (TPSA) is 86.4 Å². The number of hydrogen-bond acceptors (Lipinski definition) is 6. The molecule has 1 amide bonds. The zero-order chi connectivity index (χ0) is 27.2. The Morgan fingerprint density at radius 2 is 1.79 bits per heavy atom. The van der Waals surface area contributed by atoms with Crippen molar-refractivity contribution in [3.63, 3.8) is 0 Å². The van der Waals surface area contributed by atoms with Gasteiger partial charge in [-0.2, -0.15) is 0 Å². The molecule has 0 aromatic carbocycles. The Labute approximate surface area is 228 Å². The second-order valence-corrected chi connectivity index (χ2v) is 12.4. The Kier molecular flexibility index (Phi) is 9.88. The molecule has 0 radical (unpaired) electrons. The molecule has 0 bridgehead atoms. The minimum absolute atomic E-state index is 0.0496. The lowest BCUT2D eigenvalue weighted by Crippen LogP contribution is -2.43. The minimum Gasteiger partial charge on any atom is -0.458 e. The van der Waals surface area contributed by atoms with Crippen LogP contribution in [0.2, 0.25) is 0 Å². The van der Waals surface area contributed by atoms with Gasteiger partial charge < -0.3 is 24.3 Å². The molecule has 3 saturated heterocycles. The van der Waals surface area contributed by atoms with Gasteiger partial charge >= 0.3 is 5.97 Å². The summed E-state index contributed by atoms with van der Waals surface area (Å²) in [5.41, 5.74) is 1.18. The number of amides is 1. The number of esters is 1. The van der Waals surface area contributed by atoms with Crippen molar-refractivity contribution in [3.05, 3.63) is 36.0 Å². The number of carbonyl (C=O) groups is 2. The zero-order valence-corrected chi connectivity index (χ0v) is 23.7. The van der Waals surface area contributed by atoms with Gasteiger partial charge in [0.2, 0.25) is 5.91 Å². The molecular weight excluding hydrogens is 482 g/mol. The van der Waals surface area contributed by atoms with Crippen LogP contribution < -0.4 is 5.32 Å². The number of hydrogen-bond donors (Lipinski definition) is 1. The third kappa shape index (κ3) is 9.06. The van der Waals surface area contributed by atoms with Crippen LogP contribution in [0.4, 0.5) is 0 Å². The quantitative estimate of drug-likeness (QED) is 0.191. The van der Waals surface area contributed by atoms with Gasteiger partial charge in [-0.25, -0.2) is 0 Å². The number of ether oxygens (including phenoxy) is 4. The Morgan fingerprint density at radius 1 is 1.08 bits per heavy atom. The van der Waals surface area contributed by atoms with Crippen molar-refractivity contribution in [1.29, 1.82) is 0 Å². The Balaban J connectivity index is 1.12. The van der Waals surface area contributed by atoms with Crippen LogP contribution in [0, 0.1) is 11.8 Å². The summed E-state index contributed by atoms with van der Waals surface area (Å²) in [6.07, 6.45) is 18.2. The molecule has 212 valence electrons. The maximum Gasteiger partial charge on any atom is 0.309 e. The van der Waals surface area contributed by atoms with Crippen LogP contribution >= 0.6 is 0 Å². The standard InChI is InChI=1S/C31H47NO6/c1-22(6-13-27-19-31(21-36-31)20-30(3,4)38-27)5-8-24-9-11-26(12-10-24)32-28(33)14-7-23(2)37-29(34)25-15-17-35-18-16-25/h5-7,13-14,23-27H,8-12,15-21H2,1-4H3,(H,32,33)/t23-,24?,26?,27+,31+/m0/s1. The SMILES string of the molecule is CC(C=C[C@@H]1C[C@]2(CO2)CC(C)(C)O1)=CCC1CCC(NC(=O)C=C[C@H](C)OC(=O)C2CCOCC2)CC1.